The van der Waals surface area contributed by atoms with E-state index in [9.17, 15) is 0 Å². The molecule has 1 spiro atoms. The molecule has 3 aliphatic heterocycles. The quantitative estimate of drug-likeness (QED) is 0.474. The summed E-state index contributed by atoms with van der Waals surface area (Å²) in [5.74, 6) is 1.67. The van der Waals surface area contributed by atoms with Gasteiger partial charge in [-0.1, -0.05) is 66.2 Å². The van der Waals surface area contributed by atoms with Crippen molar-refractivity contribution in [1.82, 2.24) is 9.91 Å². The van der Waals surface area contributed by atoms with Gasteiger partial charge >= 0.3 is 0 Å². The molecule has 1 saturated heterocycles. The van der Waals surface area contributed by atoms with Gasteiger partial charge in [0, 0.05) is 49.5 Å². The highest BCUT2D eigenvalue weighted by Crippen LogP contribution is 2.52. The average molecular weight is 474 g/mol. The van der Waals surface area contributed by atoms with E-state index in [-0.39, 0.29) is 6.04 Å². The Morgan fingerprint density at radius 3 is 2.50 bits per heavy atom. The molecular weight excluding hydrogens is 446 g/mol. The molecule has 3 heterocycles. The number of piperidine rings is 1. The minimum atomic E-state index is -0.479. The number of methoxy groups -OCH3 is 1. The number of fused-ring (bicyclic) bond motifs is 4. The molecule has 0 saturated carbocycles. The Labute approximate surface area is 205 Å². The van der Waals surface area contributed by atoms with Crippen molar-refractivity contribution in [2.45, 2.75) is 37.6 Å². The van der Waals surface area contributed by atoms with E-state index in [0.29, 0.717) is 0 Å². The highest BCUT2D eigenvalue weighted by Gasteiger charge is 2.52. The van der Waals surface area contributed by atoms with E-state index in [4.69, 9.17) is 26.2 Å². The number of para-hydroxylation sites is 1. The largest absolute Gasteiger partial charge is 0.493 e. The van der Waals surface area contributed by atoms with Crippen LogP contribution < -0.4 is 9.47 Å². The van der Waals surface area contributed by atoms with Gasteiger partial charge in [-0.2, -0.15) is 5.10 Å². The molecule has 3 aromatic rings. The van der Waals surface area contributed by atoms with Gasteiger partial charge in [0.25, 0.3) is 0 Å². The predicted molar refractivity (Wildman–Crippen MR) is 134 cm³/mol. The zero-order valence-corrected chi connectivity index (χ0v) is 20.0. The Hall–Kier alpha value is -3.02. The van der Waals surface area contributed by atoms with Crippen LogP contribution in [0.5, 0.6) is 11.5 Å². The lowest BCUT2D eigenvalue weighted by Gasteiger charge is -2.51. The molecular formula is C28H28ClN3O2. The summed E-state index contributed by atoms with van der Waals surface area (Å²) >= 11 is 6.14. The number of benzene rings is 3. The number of hydrogen-bond donors (Lipinski definition) is 0. The molecule has 34 heavy (non-hydrogen) atoms. The first-order chi connectivity index (χ1) is 16.6. The minimum Gasteiger partial charge on any atom is -0.493 e. The lowest BCUT2D eigenvalue weighted by Crippen LogP contribution is -2.59. The van der Waals surface area contributed by atoms with Crippen LogP contribution in [0.1, 0.15) is 42.0 Å². The van der Waals surface area contributed by atoms with Crippen LogP contribution in [0.4, 0.5) is 0 Å². The van der Waals surface area contributed by atoms with Gasteiger partial charge in [-0.25, -0.2) is 5.01 Å². The molecule has 0 N–H and O–H groups in total. The van der Waals surface area contributed by atoms with Crippen molar-refractivity contribution < 1.29 is 9.47 Å². The SMILES string of the molecule is COc1cccc2c1OC1(CCN(Cc3ccccc3)CC1)N1N=C(c3ccc(Cl)cc3)C[C@H]21. The van der Waals surface area contributed by atoms with Gasteiger partial charge in [-0.15, -0.1) is 0 Å². The molecule has 3 aromatic carbocycles. The molecule has 1 fully saturated rings. The third-order valence-electron chi connectivity index (χ3n) is 7.27. The molecule has 5 nitrogen and oxygen atoms in total. The number of hydrogen-bond acceptors (Lipinski definition) is 5. The third-order valence-corrected chi connectivity index (χ3v) is 7.52. The van der Waals surface area contributed by atoms with Crippen LogP contribution in [-0.2, 0) is 6.54 Å². The highest BCUT2D eigenvalue weighted by molar-refractivity contribution is 6.30. The average Bonchev–Trinajstić information content (AvgIpc) is 3.33. The summed E-state index contributed by atoms with van der Waals surface area (Å²) in [5, 5.41) is 8.16. The van der Waals surface area contributed by atoms with Crippen molar-refractivity contribution in [1.29, 1.82) is 0 Å². The van der Waals surface area contributed by atoms with Gasteiger partial charge < -0.3 is 9.47 Å². The van der Waals surface area contributed by atoms with Crippen LogP contribution in [0.25, 0.3) is 0 Å². The van der Waals surface area contributed by atoms with Crippen molar-refractivity contribution in [3.8, 4) is 11.5 Å². The number of halogens is 1. The summed E-state index contributed by atoms with van der Waals surface area (Å²) < 4.78 is 12.6. The van der Waals surface area contributed by atoms with Gasteiger partial charge in [-0.3, -0.25) is 4.90 Å². The summed E-state index contributed by atoms with van der Waals surface area (Å²) in [6.07, 6.45) is 2.59. The maximum absolute atomic E-state index is 6.84. The van der Waals surface area contributed by atoms with E-state index in [1.165, 1.54) is 5.56 Å². The van der Waals surface area contributed by atoms with Crippen LogP contribution in [-0.4, -0.2) is 41.5 Å². The second-order valence-electron chi connectivity index (χ2n) is 9.31. The lowest BCUT2D eigenvalue weighted by molar-refractivity contribution is -0.151. The molecule has 174 valence electrons. The zero-order chi connectivity index (χ0) is 23.1. The van der Waals surface area contributed by atoms with E-state index in [2.05, 4.69) is 58.4 Å². The number of likely N-dealkylation sites (tertiary alicyclic amines) is 1. The number of rotatable bonds is 4. The summed E-state index contributed by atoms with van der Waals surface area (Å²) in [6.45, 7) is 2.86. The Balaban J connectivity index is 1.33. The van der Waals surface area contributed by atoms with E-state index in [1.807, 2.05) is 24.3 Å². The predicted octanol–water partition coefficient (Wildman–Crippen LogP) is 5.88. The van der Waals surface area contributed by atoms with E-state index >= 15 is 0 Å². The van der Waals surface area contributed by atoms with Crippen molar-refractivity contribution in [3.63, 3.8) is 0 Å². The van der Waals surface area contributed by atoms with Gasteiger partial charge in [-0.05, 0) is 29.3 Å². The Morgan fingerprint density at radius 2 is 1.76 bits per heavy atom. The van der Waals surface area contributed by atoms with Crippen LogP contribution in [0, 0.1) is 0 Å². The molecule has 0 unspecified atom stereocenters. The number of hydrazone groups is 1. The molecule has 3 aliphatic rings. The molecule has 0 bridgehead atoms. The number of ether oxygens (including phenoxy) is 2. The topological polar surface area (TPSA) is 37.3 Å². The first kappa shape index (κ1) is 21.5. The van der Waals surface area contributed by atoms with E-state index < -0.39 is 5.72 Å². The Bertz CT molecular complexity index is 1200. The van der Waals surface area contributed by atoms with Crippen molar-refractivity contribution in [3.05, 3.63) is 94.5 Å². The fraction of sp³-hybridized carbons (Fsp3) is 0.321. The van der Waals surface area contributed by atoms with E-state index in [1.54, 1.807) is 7.11 Å². The maximum atomic E-state index is 6.84. The maximum Gasteiger partial charge on any atom is 0.200 e. The first-order valence-electron chi connectivity index (χ1n) is 11.9. The lowest BCUT2D eigenvalue weighted by atomic mass is 9.90. The molecule has 6 rings (SSSR count). The second-order valence-corrected chi connectivity index (χ2v) is 9.74. The Morgan fingerprint density at radius 1 is 1.00 bits per heavy atom. The molecule has 0 aliphatic carbocycles. The summed E-state index contributed by atoms with van der Waals surface area (Å²) in [4.78, 5) is 2.51. The van der Waals surface area contributed by atoms with Crippen molar-refractivity contribution >= 4 is 17.3 Å². The second kappa shape index (κ2) is 8.64. The van der Waals surface area contributed by atoms with Crippen LogP contribution >= 0.6 is 11.6 Å². The standard InChI is InChI=1S/C28H28ClN3O2/c1-33-26-9-5-8-23-25-18-24(21-10-12-22(29)13-11-21)30-32(25)28(34-27(23)26)14-16-31(17-15-28)19-20-6-3-2-4-7-20/h2-13,25H,14-19H2,1H3/t25-/m1/s1. The van der Waals surface area contributed by atoms with Gasteiger partial charge in [0.15, 0.2) is 11.5 Å². The molecule has 6 heteroatoms. The van der Waals surface area contributed by atoms with Crippen LogP contribution in [0.2, 0.25) is 5.02 Å². The fourth-order valence-electron chi connectivity index (χ4n) is 5.48. The highest BCUT2D eigenvalue weighted by atomic mass is 35.5. The fourth-order valence-corrected chi connectivity index (χ4v) is 5.61. The minimum absolute atomic E-state index is 0.130. The summed E-state index contributed by atoms with van der Waals surface area (Å²) in [6, 6.07) is 25.0. The van der Waals surface area contributed by atoms with E-state index in [0.717, 1.165) is 72.3 Å². The third kappa shape index (κ3) is 3.73. The smallest absolute Gasteiger partial charge is 0.200 e. The van der Waals surface area contributed by atoms with Crippen LogP contribution in [0.15, 0.2) is 77.9 Å². The van der Waals surface area contributed by atoms with Crippen LogP contribution in [0.3, 0.4) is 0 Å². The summed E-state index contributed by atoms with van der Waals surface area (Å²) in [5.41, 5.74) is 4.20. The van der Waals surface area contributed by atoms with Crippen molar-refractivity contribution in [2.24, 2.45) is 5.10 Å². The zero-order valence-electron chi connectivity index (χ0n) is 19.3. The van der Waals surface area contributed by atoms with Gasteiger partial charge in [0.2, 0.25) is 5.72 Å². The molecule has 0 amide bonds. The first-order valence-corrected chi connectivity index (χ1v) is 12.3. The molecule has 0 radical (unpaired) electrons. The Kier molecular flexibility index (Phi) is 5.47. The van der Waals surface area contributed by atoms with Gasteiger partial charge in [0.1, 0.15) is 0 Å². The molecule has 0 aromatic heterocycles. The van der Waals surface area contributed by atoms with Gasteiger partial charge in [0.05, 0.1) is 18.9 Å². The monoisotopic (exact) mass is 473 g/mol. The molecule has 1 atom stereocenters. The normalized spacial score (nSPS) is 20.9. The summed E-state index contributed by atoms with van der Waals surface area (Å²) in [7, 11) is 1.71. The van der Waals surface area contributed by atoms with Crippen molar-refractivity contribution in [2.75, 3.05) is 20.2 Å². The number of nitrogens with zero attached hydrogens (tertiary/aromatic N) is 3.